The van der Waals surface area contributed by atoms with Crippen molar-refractivity contribution >= 4 is 17.7 Å². The van der Waals surface area contributed by atoms with Gasteiger partial charge in [-0.1, -0.05) is 44.9 Å². The minimum Gasteiger partial charge on any atom is -0.393 e. The summed E-state index contributed by atoms with van der Waals surface area (Å²) in [5, 5.41) is 0. The number of cyclic esters (lactones) is 2. The van der Waals surface area contributed by atoms with Crippen LogP contribution < -0.4 is 0 Å². The molecule has 1 saturated carbocycles. The number of hydrogen-bond donors (Lipinski definition) is 0. The number of esters is 2. The maximum absolute atomic E-state index is 12.9. The number of hydrogen-bond acceptors (Lipinski definition) is 5. The van der Waals surface area contributed by atoms with Crippen molar-refractivity contribution in [1.82, 2.24) is 0 Å². The van der Waals surface area contributed by atoms with Gasteiger partial charge < -0.3 is 9.47 Å². The third-order valence-electron chi connectivity index (χ3n) is 8.12. The summed E-state index contributed by atoms with van der Waals surface area (Å²) in [6, 6.07) is 0. The van der Waals surface area contributed by atoms with Gasteiger partial charge in [-0.25, -0.2) is 0 Å². The second kappa shape index (κ2) is 6.00. The Bertz CT molecular complexity index is 906. The van der Waals surface area contributed by atoms with Crippen molar-refractivity contribution < 1.29 is 23.9 Å². The van der Waals surface area contributed by atoms with Crippen molar-refractivity contribution in [2.45, 2.75) is 59.2 Å². The van der Waals surface area contributed by atoms with E-state index >= 15 is 0 Å². The van der Waals surface area contributed by atoms with Crippen molar-refractivity contribution in [2.24, 2.45) is 34.5 Å². The molecule has 29 heavy (non-hydrogen) atoms. The molecule has 5 heteroatoms. The molecule has 0 N–H and O–H groups in total. The lowest BCUT2D eigenvalue weighted by molar-refractivity contribution is -0.156. The number of fused-ring (bicyclic) bond motifs is 6. The average molecular weight is 396 g/mol. The van der Waals surface area contributed by atoms with Crippen LogP contribution in [0.1, 0.15) is 47.0 Å². The van der Waals surface area contributed by atoms with Gasteiger partial charge in [-0.05, 0) is 48.3 Å². The predicted molar refractivity (Wildman–Crippen MR) is 105 cm³/mol. The number of rotatable bonds is 2. The highest BCUT2D eigenvalue weighted by Crippen LogP contribution is 2.59. The Labute approximate surface area is 171 Å². The number of carbonyl (C=O) groups excluding carboxylic acids is 3. The highest BCUT2D eigenvalue weighted by atomic mass is 16.6. The quantitative estimate of drug-likeness (QED) is 0.527. The van der Waals surface area contributed by atoms with Gasteiger partial charge in [-0.2, -0.15) is 0 Å². The largest absolute Gasteiger partial charge is 0.393 e. The number of ether oxygens (including phenoxy) is 2. The average Bonchev–Trinajstić information content (AvgIpc) is 3.25. The SMILES string of the molecule is CC1=CC(=O)[C@H]2C(C)(C)CCC[C@]2(C)[C@H]1/C=C/C1=C[C@H]2O[C@H]1[C@@H]1C(=O)OC(=O)[C@@H]12. The van der Waals surface area contributed by atoms with E-state index in [9.17, 15) is 14.4 Å². The van der Waals surface area contributed by atoms with E-state index in [0.717, 1.165) is 30.4 Å². The van der Waals surface area contributed by atoms with E-state index in [2.05, 4.69) is 32.9 Å². The monoisotopic (exact) mass is 396 g/mol. The molecule has 5 nitrogen and oxygen atoms in total. The molecule has 0 spiro atoms. The lowest BCUT2D eigenvalue weighted by Gasteiger charge is -2.55. The Hall–Kier alpha value is -2.01. The molecule has 7 atom stereocenters. The Morgan fingerprint density at radius 1 is 1.07 bits per heavy atom. The van der Waals surface area contributed by atoms with E-state index in [0.29, 0.717) is 0 Å². The summed E-state index contributed by atoms with van der Waals surface area (Å²) in [5.74, 6) is -1.49. The van der Waals surface area contributed by atoms with Crippen molar-refractivity contribution in [3.63, 3.8) is 0 Å². The van der Waals surface area contributed by atoms with Gasteiger partial charge >= 0.3 is 11.9 Å². The Balaban J connectivity index is 1.46. The van der Waals surface area contributed by atoms with Crippen LogP contribution in [0.3, 0.4) is 0 Å². The normalized spacial score (nSPS) is 45.2. The van der Waals surface area contributed by atoms with Gasteiger partial charge in [0.2, 0.25) is 0 Å². The molecular formula is C24H28O5. The van der Waals surface area contributed by atoms with E-state index in [-0.39, 0.29) is 34.6 Å². The van der Waals surface area contributed by atoms with E-state index in [4.69, 9.17) is 9.47 Å². The first-order chi connectivity index (χ1) is 13.6. The molecule has 0 amide bonds. The third kappa shape index (κ3) is 2.52. The smallest absolute Gasteiger partial charge is 0.320 e. The summed E-state index contributed by atoms with van der Waals surface area (Å²) in [5.41, 5.74) is 1.92. The van der Waals surface area contributed by atoms with Crippen LogP contribution in [0, 0.1) is 34.5 Å². The van der Waals surface area contributed by atoms with Gasteiger partial charge in [0.25, 0.3) is 0 Å². The number of allylic oxidation sites excluding steroid dienone is 3. The topological polar surface area (TPSA) is 69.7 Å². The second-order valence-electron chi connectivity index (χ2n) is 10.4. The summed E-state index contributed by atoms with van der Waals surface area (Å²) >= 11 is 0. The molecule has 0 unspecified atom stereocenters. The van der Waals surface area contributed by atoms with E-state index < -0.39 is 29.9 Å². The van der Waals surface area contributed by atoms with Crippen molar-refractivity contribution in [3.8, 4) is 0 Å². The van der Waals surface area contributed by atoms with Crippen LogP contribution in [0.15, 0.2) is 35.5 Å². The Morgan fingerprint density at radius 3 is 2.55 bits per heavy atom. The first-order valence-corrected chi connectivity index (χ1v) is 10.7. The predicted octanol–water partition coefficient (Wildman–Crippen LogP) is 3.54. The zero-order valence-corrected chi connectivity index (χ0v) is 17.4. The number of carbonyl (C=O) groups is 3. The minimum atomic E-state index is -0.515. The molecule has 3 heterocycles. The molecule has 2 bridgehead atoms. The zero-order chi connectivity index (χ0) is 20.7. The molecule has 2 saturated heterocycles. The fourth-order valence-electron chi connectivity index (χ4n) is 7.03. The number of ketones is 1. The summed E-state index contributed by atoms with van der Waals surface area (Å²) in [6.07, 6.45) is 10.5. The summed E-state index contributed by atoms with van der Waals surface area (Å²) in [7, 11) is 0. The zero-order valence-electron chi connectivity index (χ0n) is 17.4. The van der Waals surface area contributed by atoms with Gasteiger partial charge in [0.1, 0.15) is 11.8 Å². The Morgan fingerprint density at radius 2 is 1.79 bits per heavy atom. The minimum absolute atomic E-state index is 0.0105. The molecule has 3 fully saturated rings. The van der Waals surface area contributed by atoms with Crippen LogP contribution in [0.4, 0.5) is 0 Å². The van der Waals surface area contributed by atoms with Gasteiger partial charge in [-0.3, -0.25) is 14.4 Å². The third-order valence-corrected chi connectivity index (χ3v) is 8.12. The van der Waals surface area contributed by atoms with Crippen LogP contribution in [0.2, 0.25) is 0 Å². The van der Waals surface area contributed by atoms with Crippen LogP contribution in [0.5, 0.6) is 0 Å². The van der Waals surface area contributed by atoms with Crippen LogP contribution in [-0.2, 0) is 23.9 Å². The summed E-state index contributed by atoms with van der Waals surface area (Å²) in [6.45, 7) is 8.75. The standard InChI is InChI=1S/C24H28O5/c1-12-10-15(25)20-23(2,3)8-5-9-24(20,4)14(12)7-6-13-11-16-17-18(19(13)28-16)22(27)29-21(17)26/h6-7,10-11,14,16-20H,5,8-9H2,1-4H3/b7-6+/t14-,16+,17+,18+,19+,20-,24+/m0/s1. The fourth-order valence-corrected chi connectivity index (χ4v) is 7.03. The molecule has 0 radical (unpaired) electrons. The van der Waals surface area contributed by atoms with Crippen molar-refractivity contribution in [2.75, 3.05) is 0 Å². The molecule has 0 aromatic heterocycles. The summed E-state index contributed by atoms with van der Waals surface area (Å²) in [4.78, 5) is 36.9. The lowest BCUT2D eigenvalue weighted by atomic mass is 9.48. The van der Waals surface area contributed by atoms with E-state index in [1.165, 1.54) is 0 Å². The molecule has 5 aliphatic rings. The molecule has 5 rings (SSSR count). The Kier molecular flexibility index (Phi) is 3.93. The van der Waals surface area contributed by atoms with Gasteiger partial charge in [-0.15, -0.1) is 0 Å². The van der Waals surface area contributed by atoms with Crippen LogP contribution in [0.25, 0.3) is 0 Å². The molecular weight excluding hydrogens is 368 g/mol. The first kappa shape index (κ1) is 19.0. The molecule has 3 aliphatic heterocycles. The maximum Gasteiger partial charge on any atom is 0.320 e. The maximum atomic E-state index is 12.9. The van der Waals surface area contributed by atoms with Gasteiger partial charge in [0, 0.05) is 11.8 Å². The van der Waals surface area contributed by atoms with Crippen LogP contribution >= 0.6 is 0 Å². The van der Waals surface area contributed by atoms with E-state index in [1.54, 1.807) is 0 Å². The highest BCUT2D eigenvalue weighted by molar-refractivity contribution is 5.98. The molecule has 2 aliphatic carbocycles. The van der Waals surface area contributed by atoms with Crippen molar-refractivity contribution in [1.29, 1.82) is 0 Å². The first-order valence-electron chi connectivity index (χ1n) is 10.7. The van der Waals surface area contributed by atoms with E-state index in [1.807, 2.05) is 19.1 Å². The highest BCUT2D eigenvalue weighted by Gasteiger charge is 2.61. The second-order valence-corrected chi connectivity index (χ2v) is 10.4. The lowest BCUT2D eigenvalue weighted by Crippen LogP contribution is -2.52. The van der Waals surface area contributed by atoms with Crippen LogP contribution in [-0.4, -0.2) is 29.9 Å². The van der Waals surface area contributed by atoms with Gasteiger partial charge in [0.05, 0.1) is 12.2 Å². The molecule has 154 valence electrons. The van der Waals surface area contributed by atoms with Gasteiger partial charge in [0.15, 0.2) is 5.78 Å². The molecule has 0 aromatic rings. The molecule has 0 aromatic carbocycles. The summed E-state index contributed by atoms with van der Waals surface area (Å²) < 4.78 is 10.7. The van der Waals surface area contributed by atoms with Crippen molar-refractivity contribution in [3.05, 3.63) is 35.5 Å². The fraction of sp³-hybridized carbons (Fsp3) is 0.625.